The van der Waals surface area contributed by atoms with E-state index in [0.29, 0.717) is 11.6 Å². The molecule has 1 aromatic heterocycles. The van der Waals surface area contributed by atoms with Crippen LogP contribution in [-0.2, 0) is 4.79 Å². The summed E-state index contributed by atoms with van der Waals surface area (Å²) >= 11 is 0. The fraction of sp³-hybridized carbons (Fsp3) is 0.615. The second-order valence-electron chi connectivity index (χ2n) is 5.75. The number of hydrogen-bond acceptors (Lipinski definition) is 5. The molecule has 0 aliphatic rings. The average Bonchev–Trinajstić information content (AvgIpc) is 2.26. The third kappa shape index (κ3) is 6.03. The Morgan fingerprint density at radius 3 is 2.68 bits per heavy atom. The van der Waals surface area contributed by atoms with Crippen LogP contribution in [0.5, 0.6) is 0 Å². The second-order valence-corrected chi connectivity index (χ2v) is 5.75. The molecule has 0 radical (unpaired) electrons. The SMILES string of the molecule is CN(CC(=O)O)c1cc(NCCC(C)(C)C)ncn1. The lowest BCUT2D eigenvalue weighted by atomic mass is 9.92. The summed E-state index contributed by atoms with van der Waals surface area (Å²) in [6.45, 7) is 7.28. The van der Waals surface area contributed by atoms with Gasteiger partial charge < -0.3 is 15.3 Å². The number of aromatic nitrogens is 2. The summed E-state index contributed by atoms with van der Waals surface area (Å²) in [5.41, 5.74) is 0.267. The van der Waals surface area contributed by atoms with E-state index in [-0.39, 0.29) is 12.0 Å². The van der Waals surface area contributed by atoms with Crippen LogP contribution in [0.4, 0.5) is 11.6 Å². The monoisotopic (exact) mass is 266 g/mol. The standard InChI is InChI=1S/C13H22N4O2/c1-13(2,3)5-6-14-10-7-11(16-9-15-10)17(4)8-12(18)19/h7,9H,5-6,8H2,1-4H3,(H,18,19)(H,14,15,16). The van der Waals surface area contributed by atoms with Crippen molar-refractivity contribution in [2.45, 2.75) is 27.2 Å². The number of carboxylic acids is 1. The maximum atomic E-state index is 10.6. The number of carboxylic acid groups (broad SMARTS) is 1. The van der Waals surface area contributed by atoms with Gasteiger partial charge in [-0.2, -0.15) is 0 Å². The molecule has 1 aromatic rings. The molecule has 106 valence electrons. The zero-order valence-electron chi connectivity index (χ0n) is 12.0. The average molecular weight is 266 g/mol. The molecule has 0 aliphatic heterocycles. The van der Waals surface area contributed by atoms with Gasteiger partial charge in [-0.05, 0) is 11.8 Å². The number of rotatable bonds is 6. The minimum absolute atomic E-state index is 0.0849. The molecule has 0 aliphatic carbocycles. The largest absolute Gasteiger partial charge is 0.480 e. The summed E-state index contributed by atoms with van der Waals surface area (Å²) in [7, 11) is 1.69. The molecule has 0 unspecified atom stereocenters. The number of nitrogens with one attached hydrogen (secondary N) is 1. The summed E-state index contributed by atoms with van der Waals surface area (Å²) in [5, 5.41) is 12.0. The van der Waals surface area contributed by atoms with Crippen molar-refractivity contribution in [3.8, 4) is 0 Å². The molecular weight excluding hydrogens is 244 g/mol. The van der Waals surface area contributed by atoms with Gasteiger partial charge in [-0.1, -0.05) is 20.8 Å². The predicted octanol–water partition coefficient (Wildman–Crippen LogP) is 1.85. The van der Waals surface area contributed by atoms with Gasteiger partial charge in [-0.25, -0.2) is 9.97 Å². The van der Waals surface area contributed by atoms with Crippen LogP contribution < -0.4 is 10.2 Å². The van der Waals surface area contributed by atoms with Crippen LogP contribution in [0.3, 0.4) is 0 Å². The van der Waals surface area contributed by atoms with E-state index in [9.17, 15) is 4.79 Å². The smallest absolute Gasteiger partial charge is 0.323 e. The third-order valence-corrected chi connectivity index (χ3v) is 2.60. The molecule has 0 aromatic carbocycles. The van der Waals surface area contributed by atoms with Gasteiger partial charge in [-0.15, -0.1) is 0 Å². The second kappa shape index (κ2) is 6.36. The predicted molar refractivity (Wildman–Crippen MR) is 75.5 cm³/mol. The zero-order chi connectivity index (χ0) is 14.5. The van der Waals surface area contributed by atoms with Crippen LogP contribution in [0.15, 0.2) is 12.4 Å². The van der Waals surface area contributed by atoms with Crippen molar-refractivity contribution >= 4 is 17.6 Å². The van der Waals surface area contributed by atoms with Gasteiger partial charge in [0.25, 0.3) is 0 Å². The van der Waals surface area contributed by atoms with E-state index in [1.54, 1.807) is 18.0 Å². The lowest BCUT2D eigenvalue weighted by Gasteiger charge is -2.19. The van der Waals surface area contributed by atoms with Crippen LogP contribution in [0.2, 0.25) is 0 Å². The minimum atomic E-state index is -0.886. The number of aliphatic carboxylic acids is 1. The Bertz CT molecular complexity index is 429. The molecule has 2 N–H and O–H groups in total. The fourth-order valence-electron chi connectivity index (χ4n) is 1.50. The number of carbonyl (C=O) groups is 1. The Kier molecular flexibility index (Phi) is 5.09. The van der Waals surface area contributed by atoms with Crippen LogP contribution in [-0.4, -0.2) is 41.2 Å². The van der Waals surface area contributed by atoms with E-state index in [1.807, 2.05) is 0 Å². The quantitative estimate of drug-likeness (QED) is 0.818. The van der Waals surface area contributed by atoms with Crippen molar-refractivity contribution in [1.82, 2.24) is 9.97 Å². The van der Waals surface area contributed by atoms with Crippen molar-refractivity contribution in [2.24, 2.45) is 5.41 Å². The number of hydrogen-bond donors (Lipinski definition) is 2. The van der Waals surface area contributed by atoms with Gasteiger partial charge in [0.2, 0.25) is 0 Å². The number of likely N-dealkylation sites (N-methyl/N-ethyl adjacent to an activating group) is 1. The van der Waals surface area contributed by atoms with Gasteiger partial charge in [0.05, 0.1) is 0 Å². The molecule has 19 heavy (non-hydrogen) atoms. The summed E-state index contributed by atoms with van der Waals surface area (Å²) < 4.78 is 0. The van der Waals surface area contributed by atoms with E-state index in [0.717, 1.165) is 13.0 Å². The highest BCUT2D eigenvalue weighted by atomic mass is 16.4. The summed E-state index contributed by atoms with van der Waals surface area (Å²) in [6.07, 6.45) is 2.46. The summed E-state index contributed by atoms with van der Waals surface area (Å²) in [6, 6.07) is 1.76. The van der Waals surface area contributed by atoms with Crippen LogP contribution in [0.1, 0.15) is 27.2 Å². The van der Waals surface area contributed by atoms with Crippen molar-refractivity contribution in [3.05, 3.63) is 12.4 Å². The van der Waals surface area contributed by atoms with Crippen molar-refractivity contribution in [2.75, 3.05) is 30.4 Å². The third-order valence-electron chi connectivity index (χ3n) is 2.60. The van der Waals surface area contributed by atoms with Gasteiger partial charge in [-0.3, -0.25) is 4.79 Å². The lowest BCUT2D eigenvalue weighted by Crippen LogP contribution is -2.26. The minimum Gasteiger partial charge on any atom is -0.480 e. The normalized spacial score (nSPS) is 11.2. The number of anilines is 2. The zero-order valence-corrected chi connectivity index (χ0v) is 12.0. The molecule has 0 bridgehead atoms. The first-order chi connectivity index (χ1) is 8.78. The van der Waals surface area contributed by atoms with Crippen molar-refractivity contribution in [1.29, 1.82) is 0 Å². The molecular formula is C13H22N4O2. The topological polar surface area (TPSA) is 78.4 Å². The molecule has 0 saturated carbocycles. The first kappa shape index (κ1) is 15.2. The first-order valence-corrected chi connectivity index (χ1v) is 6.27. The fourth-order valence-corrected chi connectivity index (χ4v) is 1.50. The molecule has 1 heterocycles. The maximum Gasteiger partial charge on any atom is 0.323 e. The molecule has 6 nitrogen and oxygen atoms in total. The summed E-state index contributed by atoms with van der Waals surface area (Å²) in [4.78, 5) is 20.4. The Morgan fingerprint density at radius 2 is 2.11 bits per heavy atom. The van der Waals surface area contributed by atoms with E-state index in [1.165, 1.54) is 6.33 Å². The highest BCUT2D eigenvalue weighted by Crippen LogP contribution is 2.19. The van der Waals surface area contributed by atoms with Crippen molar-refractivity contribution in [3.63, 3.8) is 0 Å². The first-order valence-electron chi connectivity index (χ1n) is 6.27. The van der Waals surface area contributed by atoms with Crippen molar-refractivity contribution < 1.29 is 9.90 Å². The molecule has 6 heteroatoms. The van der Waals surface area contributed by atoms with E-state index < -0.39 is 5.97 Å². The highest BCUT2D eigenvalue weighted by Gasteiger charge is 2.10. The Balaban J connectivity index is 2.59. The van der Waals surface area contributed by atoms with Gasteiger partial charge in [0.15, 0.2) is 0 Å². The van der Waals surface area contributed by atoms with Crippen LogP contribution in [0, 0.1) is 5.41 Å². The molecule has 0 saturated heterocycles. The summed E-state index contributed by atoms with van der Waals surface area (Å²) in [5.74, 6) is 0.422. The Labute approximate surface area is 113 Å². The van der Waals surface area contributed by atoms with Gasteiger partial charge >= 0.3 is 5.97 Å². The van der Waals surface area contributed by atoms with E-state index >= 15 is 0 Å². The van der Waals surface area contributed by atoms with Crippen LogP contribution in [0.25, 0.3) is 0 Å². The Morgan fingerprint density at radius 1 is 1.42 bits per heavy atom. The lowest BCUT2D eigenvalue weighted by molar-refractivity contribution is -0.135. The van der Waals surface area contributed by atoms with E-state index in [2.05, 4.69) is 36.1 Å². The Hall–Kier alpha value is -1.85. The van der Waals surface area contributed by atoms with Gasteiger partial charge in [0.1, 0.15) is 24.5 Å². The maximum absolute atomic E-state index is 10.6. The van der Waals surface area contributed by atoms with E-state index in [4.69, 9.17) is 5.11 Å². The van der Waals surface area contributed by atoms with Gasteiger partial charge in [0, 0.05) is 19.7 Å². The number of nitrogens with zero attached hydrogens (tertiary/aromatic N) is 3. The van der Waals surface area contributed by atoms with Crippen LogP contribution >= 0.6 is 0 Å². The molecule has 0 amide bonds. The molecule has 0 spiro atoms. The highest BCUT2D eigenvalue weighted by molar-refractivity contribution is 5.73. The molecule has 1 rings (SSSR count). The molecule has 0 fully saturated rings. The molecule has 0 atom stereocenters.